The smallest absolute Gasteiger partial charge is 0.341 e. The molecule has 6 heteroatoms. The molecular formula is C24H24N2O3S. The summed E-state index contributed by atoms with van der Waals surface area (Å²) in [7, 11) is 0. The van der Waals surface area contributed by atoms with Crippen molar-refractivity contribution >= 4 is 34.3 Å². The summed E-state index contributed by atoms with van der Waals surface area (Å²) in [4.78, 5) is 13.1. The van der Waals surface area contributed by atoms with E-state index in [1.165, 1.54) is 19.3 Å². The molecule has 0 radical (unpaired) electrons. The Bertz CT molecular complexity index is 1150. The second kappa shape index (κ2) is 7.60. The van der Waals surface area contributed by atoms with E-state index in [9.17, 15) is 9.90 Å². The van der Waals surface area contributed by atoms with E-state index in [2.05, 4.69) is 8.75 Å². The van der Waals surface area contributed by atoms with Gasteiger partial charge in [-0.3, -0.25) is 0 Å². The fourth-order valence-electron chi connectivity index (χ4n) is 4.86. The number of carbonyl (C=O) groups excluding carboxylic acids is 1. The molecule has 1 saturated carbocycles. The topological polar surface area (TPSA) is 72.3 Å². The quantitative estimate of drug-likeness (QED) is 0.593. The lowest BCUT2D eigenvalue weighted by Gasteiger charge is -2.30. The first kappa shape index (κ1) is 19.4. The molecule has 0 amide bonds. The molecule has 5 rings (SSSR count). The molecule has 1 aliphatic carbocycles. The number of aliphatic hydroxyl groups is 1. The van der Waals surface area contributed by atoms with Gasteiger partial charge >= 0.3 is 5.97 Å². The van der Waals surface area contributed by atoms with Crippen molar-refractivity contribution in [2.75, 3.05) is 0 Å². The summed E-state index contributed by atoms with van der Waals surface area (Å²) in [6.45, 7) is 1.93. The lowest BCUT2D eigenvalue weighted by atomic mass is 9.79. The number of aromatic nitrogens is 2. The molecule has 3 aromatic rings. The van der Waals surface area contributed by atoms with Crippen molar-refractivity contribution in [2.45, 2.75) is 51.2 Å². The normalized spacial score (nSPS) is 22.7. The SMILES string of the molecule is Cc1ccccc1C1(O)OC(=O)C(c2ccc3nsnc3c2)=C1CC1CCCCC1. The van der Waals surface area contributed by atoms with E-state index < -0.39 is 11.8 Å². The van der Waals surface area contributed by atoms with Crippen LogP contribution in [0.2, 0.25) is 0 Å². The zero-order valence-corrected chi connectivity index (χ0v) is 17.7. The molecule has 1 aromatic heterocycles. The highest BCUT2D eigenvalue weighted by Gasteiger charge is 2.49. The molecule has 1 aliphatic heterocycles. The van der Waals surface area contributed by atoms with Crippen LogP contribution in [0.1, 0.15) is 55.2 Å². The minimum Gasteiger partial charge on any atom is -0.421 e. The van der Waals surface area contributed by atoms with Crippen molar-refractivity contribution < 1.29 is 14.6 Å². The summed E-state index contributed by atoms with van der Waals surface area (Å²) in [6.07, 6.45) is 6.53. The van der Waals surface area contributed by atoms with E-state index >= 15 is 0 Å². The van der Waals surface area contributed by atoms with E-state index in [0.29, 0.717) is 29.0 Å². The van der Waals surface area contributed by atoms with Crippen molar-refractivity contribution in [3.05, 3.63) is 64.7 Å². The molecule has 0 saturated heterocycles. The minimum atomic E-state index is -1.73. The predicted molar refractivity (Wildman–Crippen MR) is 117 cm³/mol. The molecule has 1 unspecified atom stereocenters. The van der Waals surface area contributed by atoms with E-state index in [1.807, 2.05) is 49.4 Å². The van der Waals surface area contributed by atoms with Gasteiger partial charge in [0, 0.05) is 11.1 Å². The Morgan fingerprint density at radius 3 is 2.67 bits per heavy atom. The molecule has 2 aromatic carbocycles. The molecule has 2 aliphatic rings. The number of benzene rings is 2. The molecule has 5 nitrogen and oxygen atoms in total. The number of fused-ring (bicyclic) bond motifs is 1. The summed E-state index contributed by atoms with van der Waals surface area (Å²) >= 11 is 1.15. The Morgan fingerprint density at radius 1 is 1.10 bits per heavy atom. The molecule has 0 bridgehead atoms. The Morgan fingerprint density at radius 2 is 1.87 bits per heavy atom. The van der Waals surface area contributed by atoms with Crippen molar-refractivity contribution in [3.63, 3.8) is 0 Å². The number of esters is 1. The highest BCUT2D eigenvalue weighted by atomic mass is 32.1. The summed E-state index contributed by atoms with van der Waals surface area (Å²) in [5.74, 6) is -1.77. The predicted octanol–water partition coefficient (Wildman–Crippen LogP) is 5.13. The first-order chi connectivity index (χ1) is 14.6. The number of ether oxygens (including phenoxy) is 1. The summed E-state index contributed by atoms with van der Waals surface area (Å²) < 4.78 is 14.3. The minimum absolute atomic E-state index is 0.443. The van der Waals surface area contributed by atoms with Crippen LogP contribution < -0.4 is 0 Å². The van der Waals surface area contributed by atoms with Crippen LogP contribution in [0.5, 0.6) is 0 Å². The highest BCUT2D eigenvalue weighted by Crippen LogP contribution is 2.48. The summed E-state index contributed by atoms with van der Waals surface area (Å²) in [5.41, 5.74) is 4.97. The maximum atomic E-state index is 13.1. The van der Waals surface area contributed by atoms with Gasteiger partial charge in [-0.15, -0.1) is 0 Å². The monoisotopic (exact) mass is 420 g/mol. The summed E-state index contributed by atoms with van der Waals surface area (Å²) in [5, 5.41) is 11.8. The van der Waals surface area contributed by atoms with Gasteiger partial charge in [-0.2, -0.15) is 8.75 Å². The Balaban J connectivity index is 1.67. The van der Waals surface area contributed by atoms with Crippen LogP contribution in [-0.2, 0) is 15.3 Å². The Kier molecular flexibility index (Phi) is 4.91. The maximum Gasteiger partial charge on any atom is 0.341 e. The molecule has 1 fully saturated rings. The number of rotatable bonds is 4. The van der Waals surface area contributed by atoms with Crippen LogP contribution in [0.15, 0.2) is 48.0 Å². The van der Waals surface area contributed by atoms with Gasteiger partial charge in [0.25, 0.3) is 5.79 Å². The number of nitrogens with zero attached hydrogens (tertiary/aromatic N) is 2. The molecule has 30 heavy (non-hydrogen) atoms. The van der Waals surface area contributed by atoms with Gasteiger partial charge in [0.1, 0.15) is 11.0 Å². The van der Waals surface area contributed by atoms with Crippen LogP contribution in [-0.4, -0.2) is 19.8 Å². The van der Waals surface area contributed by atoms with Gasteiger partial charge in [-0.25, -0.2) is 4.79 Å². The van der Waals surface area contributed by atoms with E-state index in [4.69, 9.17) is 4.74 Å². The standard InChI is InChI=1S/C24H24N2O3S/c1-15-7-5-6-10-18(15)24(28)19(13-16-8-3-2-4-9-16)22(23(27)29-24)17-11-12-20-21(14-17)26-30-25-20/h5-7,10-12,14,16,28H,2-4,8-9,13H2,1H3. The maximum absolute atomic E-state index is 13.1. The Labute approximate surface area is 179 Å². The third-order valence-electron chi connectivity index (χ3n) is 6.43. The van der Waals surface area contributed by atoms with Crippen molar-refractivity contribution in [1.82, 2.24) is 8.75 Å². The van der Waals surface area contributed by atoms with Crippen LogP contribution in [0.4, 0.5) is 0 Å². The fraction of sp³-hybridized carbons (Fsp3) is 0.375. The number of hydrogen-bond donors (Lipinski definition) is 1. The van der Waals surface area contributed by atoms with E-state index in [-0.39, 0.29) is 0 Å². The zero-order chi connectivity index (χ0) is 20.7. The zero-order valence-electron chi connectivity index (χ0n) is 16.9. The van der Waals surface area contributed by atoms with E-state index in [1.54, 1.807) is 0 Å². The van der Waals surface area contributed by atoms with Gasteiger partial charge in [0.15, 0.2) is 0 Å². The van der Waals surface area contributed by atoms with Gasteiger partial charge in [-0.05, 0) is 42.5 Å². The van der Waals surface area contributed by atoms with Gasteiger partial charge in [0.05, 0.1) is 17.3 Å². The molecule has 154 valence electrons. The van der Waals surface area contributed by atoms with Crippen LogP contribution >= 0.6 is 11.7 Å². The van der Waals surface area contributed by atoms with Crippen LogP contribution in [0, 0.1) is 12.8 Å². The molecule has 2 heterocycles. The molecule has 0 spiro atoms. The largest absolute Gasteiger partial charge is 0.421 e. The average molecular weight is 421 g/mol. The number of hydrogen-bond acceptors (Lipinski definition) is 6. The molecule has 1 atom stereocenters. The average Bonchev–Trinajstić information content (AvgIpc) is 3.31. The van der Waals surface area contributed by atoms with E-state index in [0.717, 1.165) is 46.7 Å². The third-order valence-corrected chi connectivity index (χ3v) is 6.98. The highest BCUT2D eigenvalue weighted by molar-refractivity contribution is 7.00. The van der Waals surface area contributed by atoms with Gasteiger partial charge in [-0.1, -0.05) is 62.4 Å². The van der Waals surface area contributed by atoms with Crippen molar-refractivity contribution in [3.8, 4) is 0 Å². The second-order valence-corrected chi connectivity index (χ2v) is 8.91. The third kappa shape index (κ3) is 3.24. The first-order valence-electron chi connectivity index (χ1n) is 10.5. The van der Waals surface area contributed by atoms with Gasteiger partial charge in [0.2, 0.25) is 0 Å². The second-order valence-electron chi connectivity index (χ2n) is 8.38. The number of carbonyl (C=O) groups is 1. The molecular weight excluding hydrogens is 396 g/mol. The number of aryl methyl sites for hydroxylation is 1. The molecule has 1 N–H and O–H groups in total. The summed E-state index contributed by atoms with van der Waals surface area (Å²) in [6, 6.07) is 13.2. The lowest BCUT2D eigenvalue weighted by molar-refractivity contribution is -0.186. The number of cyclic esters (lactones) is 1. The van der Waals surface area contributed by atoms with Crippen LogP contribution in [0.3, 0.4) is 0 Å². The fourth-order valence-corrected chi connectivity index (χ4v) is 5.38. The Hall–Kier alpha value is -2.57. The van der Waals surface area contributed by atoms with Gasteiger partial charge < -0.3 is 9.84 Å². The van der Waals surface area contributed by atoms with Crippen LogP contribution in [0.25, 0.3) is 16.6 Å². The lowest BCUT2D eigenvalue weighted by Crippen LogP contribution is -2.31. The first-order valence-corrected chi connectivity index (χ1v) is 11.3. The van der Waals surface area contributed by atoms with Crippen molar-refractivity contribution in [1.29, 1.82) is 0 Å². The van der Waals surface area contributed by atoms with Crippen molar-refractivity contribution in [2.24, 2.45) is 5.92 Å².